The normalized spacial score (nSPS) is 22.1. The second-order valence-corrected chi connectivity index (χ2v) is 4.74. The molecule has 1 saturated carbocycles. The molecule has 0 saturated heterocycles. The fraction of sp³-hybridized carbons (Fsp3) is 0.538. The van der Waals surface area contributed by atoms with Gasteiger partial charge in [-0.05, 0) is 37.5 Å². The third-order valence-corrected chi connectivity index (χ3v) is 3.35. The number of halogens is 1. The van der Waals surface area contributed by atoms with E-state index >= 15 is 0 Å². The molecule has 4 heteroatoms. The van der Waals surface area contributed by atoms with Crippen LogP contribution in [0.1, 0.15) is 37.1 Å². The highest BCUT2D eigenvalue weighted by atomic mass is 19.1. The molecule has 0 amide bonds. The van der Waals surface area contributed by atoms with E-state index in [0.29, 0.717) is 48.7 Å². The van der Waals surface area contributed by atoms with Gasteiger partial charge in [0, 0.05) is 5.56 Å². The zero-order valence-corrected chi connectivity index (χ0v) is 9.70. The van der Waals surface area contributed by atoms with Gasteiger partial charge in [-0.25, -0.2) is 4.39 Å². The zero-order valence-electron chi connectivity index (χ0n) is 9.70. The summed E-state index contributed by atoms with van der Waals surface area (Å²) in [4.78, 5) is 0. The fourth-order valence-electron chi connectivity index (χ4n) is 2.14. The Balaban J connectivity index is 2.13. The van der Waals surface area contributed by atoms with Gasteiger partial charge in [0.25, 0.3) is 0 Å². The van der Waals surface area contributed by atoms with Crippen LogP contribution in [0.25, 0.3) is 0 Å². The first-order valence-corrected chi connectivity index (χ1v) is 5.91. The van der Waals surface area contributed by atoms with Crippen molar-refractivity contribution in [2.45, 2.75) is 31.5 Å². The highest BCUT2D eigenvalue weighted by Gasteiger charge is 2.45. The van der Waals surface area contributed by atoms with Crippen LogP contribution in [0.5, 0.6) is 11.5 Å². The molecule has 0 spiro atoms. The summed E-state index contributed by atoms with van der Waals surface area (Å²) in [6.07, 6.45) is 0.326. The molecule has 1 aliphatic carbocycles. The van der Waals surface area contributed by atoms with Gasteiger partial charge in [-0.3, -0.25) is 0 Å². The fourth-order valence-corrected chi connectivity index (χ4v) is 2.14. The van der Waals surface area contributed by atoms with Gasteiger partial charge in [-0.1, -0.05) is 0 Å². The molecule has 17 heavy (non-hydrogen) atoms. The lowest BCUT2D eigenvalue weighted by atomic mass is 10.00. The third kappa shape index (κ3) is 1.76. The molecule has 1 aliphatic heterocycles. The van der Waals surface area contributed by atoms with Crippen LogP contribution in [0.4, 0.5) is 4.39 Å². The molecule has 0 radical (unpaired) electrons. The molecule has 0 aromatic heterocycles. The summed E-state index contributed by atoms with van der Waals surface area (Å²) < 4.78 is 24.4. The van der Waals surface area contributed by atoms with Crippen LogP contribution in [0.2, 0.25) is 0 Å². The highest BCUT2D eigenvalue weighted by molar-refractivity contribution is 5.54. The SMILES string of the molecule is CC(F)c1cc2c(c(C3(O)CC3)c1)OCCO2. The van der Waals surface area contributed by atoms with Gasteiger partial charge in [-0.15, -0.1) is 0 Å². The van der Waals surface area contributed by atoms with Crippen molar-refractivity contribution in [1.82, 2.24) is 0 Å². The average Bonchev–Trinajstić information content (AvgIpc) is 3.07. The van der Waals surface area contributed by atoms with Crippen molar-refractivity contribution >= 4 is 0 Å². The molecule has 1 atom stereocenters. The van der Waals surface area contributed by atoms with E-state index in [2.05, 4.69) is 0 Å². The molecular weight excluding hydrogens is 223 g/mol. The van der Waals surface area contributed by atoms with Crippen LogP contribution in [0, 0.1) is 0 Å². The van der Waals surface area contributed by atoms with Crippen molar-refractivity contribution in [3.8, 4) is 11.5 Å². The van der Waals surface area contributed by atoms with Gasteiger partial charge in [0.2, 0.25) is 0 Å². The monoisotopic (exact) mass is 238 g/mol. The lowest BCUT2D eigenvalue weighted by Crippen LogP contribution is -2.19. The number of rotatable bonds is 2. The van der Waals surface area contributed by atoms with Crippen molar-refractivity contribution in [1.29, 1.82) is 0 Å². The van der Waals surface area contributed by atoms with Crippen molar-refractivity contribution < 1.29 is 19.0 Å². The van der Waals surface area contributed by atoms with Crippen LogP contribution < -0.4 is 9.47 Å². The summed E-state index contributed by atoms with van der Waals surface area (Å²) in [5, 5.41) is 10.2. The second kappa shape index (κ2) is 3.60. The van der Waals surface area contributed by atoms with Crippen LogP contribution >= 0.6 is 0 Å². The molecular formula is C13H15FO3. The Kier molecular flexibility index (Phi) is 2.30. The van der Waals surface area contributed by atoms with Crippen molar-refractivity contribution in [2.75, 3.05) is 13.2 Å². The molecule has 92 valence electrons. The molecule has 0 bridgehead atoms. The summed E-state index contributed by atoms with van der Waals surface area (Å²) >= 11 is 0. The minimum Gasteiger partial charge on any atom is -0.486 e. The number of aliphatic hydroxyl groups is 1. The largest absolute Gasteiger partial charge is 0.486 e. The summed E-state index contributed by atoms with van der Waals surface area (Å²) in [6, 6.07) is 3.36. The Morgan fingerprint density at radius 3 is 2.65 bits per heavy atom. The Labute approximate surface area is 99.2 Å². The molecule has 1 heterocycles. The quantitative estimate of drug-likeness (QED) is 0.860. The van der Waals surface area contributed by atoms with Gasteiger partial charge in [0.15, 0.2) is 11.5 Å². The first-order valence-electron chi connectivity index (χ1n) is 5.91. The summed E-state index contributed by atoms with van der Waals surface area (Å²) in [7, 11) is 0. The van der Waals surface area contributed by atoms with E-state index in [9.17, 15) is 9.50 Å². The van der Waals surface area contributed by atoms with Gasteiger partial charge < -0.3 is 14.6 Å². The topological polar surface area (TPSA) is 38.7 Å². The maximum absolute atomic E-state index is 13.4. The zero-order chi connectivity index (χ0) is 12.0. The van der Waals surface area contributed by atoms with E-state index in [1.165, 1.54) is 6.92 Å². The maximum atomic E-state index is 13.4. The van der Waals surface area contributed by atoms with Gasteiger partial charge >= 0.3 is 0 Å². The molecule has 3 rings (SSSR count). The third-order valence-electron chi connectivity index (χ3n) is 3.35. The summed E-state index contributed by atoms with van der Waals surface area (Å²) in [5.74, 6) is 1.13. The van der Waals surface area contributed by atoms with Crippen LogP contribution in [0.15, 0.2) is 12.1 Å². The predicted molar refractivity (Wildman–Crippen MR) is 60.1 cm³/mol. The highest BCUT2D eigenvalue weighted by Crippen LogP contribution is 2.52. The molecule has 1 unspecified atom stereocenters. The van der Waals surface area contributed by atoms with Crippen molar-refractivity contribution in [3.63, 3.8) is 0 Å². The standard InChI is InChI=1S/C13H15FO3/c1-8(14)9-6-10(13(15)2-3-13)12-11(7-9)16-4-5-17-12/h6-8,15H,2-5H2,1H3. The first-order chi connectivity index (χ1) is 8.10. The molecule has 1 N–H and O–H groups in total. The molecule has 1 aromatic rings. The first kappa shape index (κ1) is 10.8. The molecule has 3 nitrogen and oxygen atoms in total. The van der Waals surface area contributed by atoms with E-state index in [1.807, 2.05) is 0 Å². The Hall–Kier alpha value is -1.29. The minimum absolute atomic E-state index is 0.467. The lowest BCUT2D eigenvalue weighted by Gasteiger charge is -2.24. The van der Waals surface area contributed by atoms with Gasteiger partial charge in [0.1, 0.15) is 19.4 Å². The summed E-state index contributed by atoms with van der Waals surface area (Å²) in [5.41, 5.74) is 0.370. The van der Waals surface area contributed by atoms with Crippen molar-refractivity contribution in [2.24, 2.45) is 0 Å². The average molecular weight is 238 g/mol. The number of hydrogen-bond acceptors (Lipinski definition) is 3. The van der Waals surface area contributed by atoms with Crippen LogP contribution in [-0.4, -0.2) is 18.3 Å². The van der Waals surface area contributed by atoms with E-state index in [0.717, 1.165) is 0 Å². The Bertz CT molecular complexity index is 452. The van der Waals surface area contributed by atoms with Crippen LogP contribution in [-0.2, 0) is 5.60 Å². The van der Waals surface area contributed by atoms with Gasteiger partial charge in [0.05, 0.1) is 5.60 Å². The van der Waals surface area contributed by atoms with E-state index < -0.39 is 11.8 Å². The molecule has 1 fully saturated rings. The van der Waals surface area contributed by atoms with Crippen LogP contribution in [0.3, 0.4) is 0 Å². The molecule has 1 aromatic carbocycles. The number of ether oxygens (including phenoxy) is 2. The number of fused-ring (bicyclic) bond motifs is 1. The second-order valence-electron chi connectivity index (χ2n) is 4.74. The Morgan fingerprint density at radius 2 is 2.00 bits per heavy atom. The number of hydrogen-bond donors (Lipinski definition) is 1. The minimum atomic E-state index is -1.08. The number of benzene rings is 1. The summed E-state index contributed by atoms with van der Waals surface area (Å²) in [6.45, 7) is 2.42. The lowest BCUT2D eigenvalue weighted by molar-refractivity contribution is 0.130. The molecule has 2 aliphatic rings. The number of alkyl halides is 1. The van der Waals surface area contributed by atoms with E-state index in [1.54, 1.807) is 12.1 Å². The van der Waals surface area contributed by atoms with E-state index in [4.69, 9.17) is 9.47 Å². The smallest absolute Gasteiger partial charge is 0.167 e. The maximum Gasteiger partial charge on any atom is 0.167 e. The van der Waals surface area contributed by atoms with Crippen molar-refractivity contribution in [3.05, 3.63) is 23.3 Å². The van der Waals surface area contributed by atoms with Gasteiger partial charge in [-0.2, -0.15) is 0 Å². The predicted octanol–water partition coefficient (Wildman–Crippen LogP) is 2.47. The Morgan fingerprint density at radius 1 is 1.29 bits per heavy atom. The van der Waals surface area contributed by atoms with E-state index in [-0.39, 0.29) is 0 Å².